The molecule has 3 atom stereocenters. The second-order valence-electron chi connectivity index (χ2n) is 11.2. The van der Waals surface area contributed by atoms with Crippen LogP contribution in [-0.2, 0) is 19.2 Å². The first-order valence-corrected chi connectivity index (χ1v) is 15.1. The van der Waals surface area contributed by atoms with Crippen LogP contribution in [0.1, 0.15) is 44.1 Å². The van der Waals surface area contributed by atoms with E-state index in [1.54, 1.807) is 0 Å². The Morgan fingerprint density at radius 1 is 0.685 bits per heavy atom. The second-order valence-corrected chi connectivity index (χ2v) is 11.2. The highest BCUT2D eigenvalue weighted by Crippen LogP contribution is 2.24. The zero-order chi connectivity index (χ0) is 42.2. The Kier molecular flexibility index (Phi) is 19.3. The van der Waals surface area contributed by atoms with E-state index in [-0.39, 0.29) is 0 Å². The summed E-state index contributed by atoms with van der Waals surface area (Å²) in [6.45, 7) is 4.27. The Hall–Kier alpha value is -4.81. The van der Waals surface area contributed by atoms with Crippen molar-refractivity contribution in [3.05, 3.63) is 42.2 Å². The minimum atomic E-state index is -5.08. The number of rotatable bonds is 4. The van der Waals surface area contributed by atoms with Crippen LogP contribution in [0, 0.1) is 6.92 Å². The molecule has 0 unspecified atom stereocenters. The number of alkyl halides is 12. The summed E-state index contributed by atoms with van der Waals surface area (Å²) < 4.78 is 129. The van der Waals surface area contributed by atoms with Crippen molar-refractivity contribution in [2.45, 2.75) is 88.3 Å². The third kappa shape index (κ3) is 19.9. The van der Waals surface area contributed by atoms with Gasteiger partial charge < -0.3 is 36.4 Å². The lowest BCUT2D eigenvalue weighted by Gasteiger charge is -2.39. The first-order valence-electron chi connectivity index (χ1n) is 15.1. The zero-order valence-corrected chi connectivity index (χ0v) is 27.7. The van der Waals surface area contributed by atoms with Gasteiger partial charge in [-0.15, -0.1) is 0 Å². The average molecular weight is 810 g/mol. The van der Waals surface area contributed by atoms with E-state index in [1.807, 2.05) is 10.9 Å². The molecule has 308 valence electrons. The van der Waals surface area contributed by atoms with Gasteiger partial charge in [0.25, 0.3) is 0 Å². The number of benzene rings is 1. The number of nitrogens with zero attached hydrogens (tertiary/aromatic N) is 3. The molecule has 1 aromatic carbocycles. The van der Waals surface area contributed by atoms with Crippen molar-refractivity contribution >= 4 is 29.6 Å². The maximum Gasteiger partial charge on any atom is 0.490 e. The van der Waals surface area contributed by atoms with Gasteiger partial charge in [0.1, 0.15) is 0 Å². The minimum Gasteiger partial charge on any atom is -0.475 e. The second kappa shape index (κ2) is 21.2. The number of hydrogen-bond donors (Lipinski definition) is 6. The molecule has 0 bridgehead atoms. The van der Waals surface area contributed by atoms with Gasteiger partial charge in [-0.25, -0.2) is 23.9 Å². The lowest BCUT2D eigenvalue weighted by Crippen LogP contribution is -2.55. The molecular weight excluding hydrogens is 774 g/mol. The van der Waals surface area contributed by atoms with Crippen LogP contribution in [0.4, 0.5) is 58.4 Å². The Labute approximate surface area is 297 Å². The molecule has 13 nitrogen and oxygen atoms in total. The Morgan fingerprint density at radius 3 is 1.43 bits per heavy atom. The molecule has 2 aliphatic rings. The topological polar surface area (TPSA) is 208 Å². The van der Waals surface area contributed by atoms with Crippen molar-refractivity contribution < 1.29 is 92.3 Å². The fourth-order valence-corrected chi connectivity index (χ4v) is 4.39. The highest BCUT2D eigenvalue weighted by atomic mass is 19.4. The highest BCUT2D eigenvalue weighted by molar-refractivity contribution is 5.74. The largest absolute Gasteiger partial charge is 0.490 e. The van der Waals surface area contributed by atoms with Crippen LogP contribution in [0.15, 0.2) is 36.7 Å². The Balaban J connectivity index is 0.000000820. The number of aliphatic carboxylic acids is 4. The van der Waals surface area contributed by atoms with E-state index in [2.05, 4.69) is 52.7 Å². The summed E-state index contributed by atoms with van der Waals surface area (Å²) in [4.78, 5) is 38.1. The zero-order valence-electron chi connectivity index (χ0n) is 27.7. The molecule has 2 aromatic rings. The maximum atomic E-state index is 10.6. The van der Waals surface area contributed by atoms with E-state index < -0.39 is 48.6 Å². The van der Waals surface area contributed by atoms with Crippen LogP contribution in [-0.4, -0.2) is 110 Å². The van der Waals surface area contributed by atoms with Gasteiger partial charge in [0.15, 0.2) is 0 Å². The Bertz CT molecular complexity index is 1380. The van der Waals surface area contributed by atoms with Crippen molar-refractivity contribution in [1.82, 2.24) is 15.1 Å². The number of nitrogens with two attached hydrogens (primary N) is 1. The Morgan fingerprint density at radius 2 is 1.07 bits per heavy atom. The molecule has 7 N–H and O–H groups in total. The predicted octanol–water partition coefficient (Wildman–Crippen LogP) is 5.54. The minimum absolute atomic E-state index is 0.330. The van der Waals surface area contributed by atoms with Crippen molar-refractivity contribution in [2.75, 3.05) is 18.0 Å². The number of aromatic nitrogens is 2. The van der Waals surface area contributed by atoms with Crippen LogP contribution in [0.3, 0.4) is 0 Å². The SMILES string of the molecule is Cc1cnn(-c2ccc(N3CCC[C@H](N[C@@H]4CCCC[C@H]4N)C3)cc2)c1.O=C(O)C(F)(F)F.O=C(O)C(F)(F)F.O=C(O)C(F)(F)F.O=C(O)C(F)(F)F. The lowest BCUT2D eigenvalue weighted by molar-refractivity contribution is -0.193. The number of aryl methyl sites for hydroxylation is 1. The predicted molar refractivity (Wildman–Crippen MR) is 162 cm³/mol. The molecule has 0 radical (unpaired) electrons. The van der Waals surface area contributed by atoms with E-state index >= 15 is 0 Å². The smallest absolute Gasteiger partial charge is 0.475 e. The van der Waals surface area contributed by atoms with Crippen molar-refractivity contribution in [1.29, 1.82) is 0 Å². The lowest BCUT2D eigenvalue weighted by atomic mass is 9.89. The third-order valence-electron chi connectivity index (χ3n) is 6.85. The quantitative estimate of drug-likeness (QED) is 0.211. The molecule has 2 heterocycles. The third-order valence-corrected chi connectivity index (χ3v) is 6.85. The average Bonchev–Trinajstić information content (AvgIpc) is 3.48. The molecule has 0 amide bonds. The number of piperidine rings is 1. The van der Waals surface area contributed by atoms with E-state index in [9.17, 15) is 52.7 Å². The number of anilines is 1. The summed E-state index contributed by atoms with van der Waals surface area (Å²) in [5.74, 6) is -11.0. The summed E-state index contributed by atoms with van der Waals surface area (Å²) in [5, 5.41) is 36.8. The van der Waals surface area contributed by atoms with Gasteiger partial charge in [-0.05, 0) is 62.4 Å². The molecule has 1 saturated heterocycles. The summed E-state index contributed by atoms with van der Waals surface area (Å²) >= 11 is 0. The molecule has 1 aliphatic carbocycles. The monoisotopic (exact) mass is 809 g/mol. The van der Waals surface area contributed by atoms with Crippen LogP contribution in [0.2, 0.25) is 0 Å². The number of hydrogen-bond acceptors (Lipinski definition) is 8. The van der Waals surface area contributed by atoms with Crippen LogP contribution >= 0.6 is 0 Å². The highest BCUT2D eigenvalue weighted by Gasteiger charge is 2.40. The van der Waals surface area contributed by atoms with Gasteiger partial charge in [-0.1, -0.05) is 12.8 Å². The number of carboxylic acid groups (broad SMARTS) is 4. The normalized spacial score (nSPS) is 18.8. The number of carboxylic acids is 4. The molecule has 0 spiro atoms. The number of nitrogens with one attached hydrogen (secondary N) is 1. The van der Waals surface area contributed by atoms with E-state index in [0.717, 1.165) is 18.8 Å². The molecule has 25 heteroatoms. The van der Waals surface area contributed by atoms with Gasteiger partial charge in [-0.2, -0.15) is 57.8 Å². The maximum absolute atomic E-state index is 10.6. The van der Waals surface area contributed by atoms with Crippen molar-refractivity contribution in [3.8, 4) is 5.69 Å². The molecule has 4 rings (SSSR count). The number of halogens is 12. The summed E-state index contributed by atoms with van der Waals surface area (Å²) in [7, 11) is 0. The van der Waals surface area contributed by atoms with Crippen LogP contribution in [0.5, 0.6) is 0 Å². The fourth-order valence-electron chi connectivity index (χ4n) is 4.39. The van der Waals surface area contributed by atoms with Crippen LogP contribution in [0.25, 0.3) is 5.69 Å². The van der Waals surface area contributed by atoms with Gasteiger partial charge in [0.2, 0.25) is 0 Å². The van der Waals surface area contributed by atoms with E-state index in [4.69, 9.17) is 45.3 Å². The van der Waals surface area contributed by atoms with Gasteiger partial charge in [0, 0.05) is 43.1 Å². The first kappa shape index (κ1) is 49.2. The summed E-state index contributed by atoms with van der Waals surface area (Å²) in [6, 6.07) is 10.1. The van der Waals surface area contributed by atoms with Gasteiger partial charge in [0.05, 0.1) is 11.9 Å². The fraction of sp³-hybridized carbons (Fsp3) is 0.552. The van der Waals surface area contributed by atoms with Crippen LogP contribution < -0.4 is 16.0 Å². The van der Waals surface area contributed by atoms with Gasteiger partial charge in [-0.3, -0.25) is 0 Å². The first-order chi connectivity index (χ1) is 24.5. The van der Waals surface area contributed by atoms with E-state index in [1.165, 1.54) is 49.8 Å². The number of carbonyl (C=O) groups is 4. The molecule has 54 heavy (non-hydrogen) atoms. The molecule has 1 aliphatic heterocycles. The van der Waals surface area contributed by atoms with E-state index in [0.29, 0.717) is 18.1 Å². The molecule has 2 fully saturated rings. The van der Waals surface area contributed by atoms with Crippen molar-refractivity contribution in [3.63, 3.8) is 0 Å². The molecule has 1 aromatic heterocycles. The molecule has 1 saturated carbocycles. The standard InChI is InChI=1S/C21H31N5.4C2HF3O2/c1-16-13-23-26(14-16)19-10-8-18(9-11-19)25-12-4-5-17(15-25)24-21-7-3-2-6-20(21)22;4*3-2(4,5)1(6)7/h8-11,13-14,17,20-21,24H,2-7,12,15,22H2,1H3;4*(H,6,7)/t17-,20+,21+;;;;/m0..../s1. The molecular formula is C29H35F12N5O8. The van der Waals surface area contributed by atoms with Crippen molar-refractivity contribution in [2.24, 2.45) is 5.73 Å². The summed E-state index contributed by atoms with van der Waals surface area (Å²) in [5.41, 5.74) is 9.93. The summed E-state index contributed by atoms with van der Waals surface area (Å²) in [6.07, 6.45) is -8.88. The van der Waals surface area contributed by atoms with Gasteiger partial charge >= 0.3 is 48.6 Å².